The molecule has 3 aromatic rings. The highest BCUT2D eigenvalue weighted by Gasteiger charge is 2.30. The average molecular weight is 644 g/mol. The zero-order valence-electron chi connectivity index (χ0n) is 28.5. The van der Waals surface area contributed by atoms with Crippen LogP contribution in [0.4, 0.5) is 17.5 Å². The van der Waals surface area contributed by atoms with Gasteiger partial charge in [-0.05, 0) is 102 Å². The molecule has 1 saturated heterocycles. The summed E-state index contributed by atoms with van der Waals surface area (Å²) in [5.41, 5.74) is 3.83. The normalized spacial score (nSPS) is 15.7. The fourth-order valence-corrected chi connectivity index (χ4v) is 6.17. The number of hydrogen-bond acceptors (Lipinski definition) is 11. The first-order valence-electron chi connectivity index (χ1n) is 16.9. The average Bonchev–Trinajstić information content (AvgIpc) is 3.05. The van der Waals surface area contributed by atoms with Crippen molar-refractivity contribution in [1.29, 1.82) is 0 Å². The van der Waals surface area contributed by atoms with Crippen LogP contribution in [-0.4, -0.2) is 70.3 Å². The number of aromatic nitrogens is 4. The molecule has 0 bridgehead atoms. The van der Waals surface area contributed by atoms with Gasteiger partial charge in [0.15, 0.2) is 0 Å². The number of fused-ring (bicyclic) bond motifs is 1. The second-order valence-corrected chi connectivity index (χ2v) is 13.6. The maximum Gasteiger partial charge on any atom is 0.311 e. The Hall–Kier alpha value is -4.28. The summed E-state index contributed by atoms with van der Waals surface area (Å²) in [4.78, 5) is 46.8. The molecule has 0 radical (unpaired) electrons. The zero-order valence-corrected chi connectivity index (χ0v) is 28.5. The highest BCUT2D eigenvalue weighted by molar-refractivity contribution is 5.81. The minimum absolute atomic E-state index is 0.0904. The van der Waals surface area contributed by atoms with Gasteiger partial charge in [0.2, 0.25) is 0 Å². The van der Waals surface area contributed by atoms with Crippen LogP contribution >= 0.6 is 0 Å². The van der Waals surface area contributed by atoms with Crippen LogP contribution in [0, 0.1) is 19.8 Å². The molecule has 1 fully saturated rings. The third-order valence-corrected chi connectivity index (χ3v) is 8.65. The van der Waals surface area contributed by atoms with E-state index >= 15 is 0 Å². The molecule has 11 nitrogen and oxygen atoms in total. The second-order valence-electron chi connectivity index (χ2n) is 13.6. The van der Waals surface area contributed by atoms with Crippen molar-refractivity contribution in [3.63, 3.8) is 0 Å². The number of aryl methyl sites for hydroxylation is 3. The maximum atomic E-state index is 13.2. The molecule has 2 aliphatic rings. The minimum atomic E-state index is -0.741. The number of nitrogens with one attached hydrogen (secondary N) is 2. The molecular formula is C36H49N7O4. The van der Waals surface area contributed by atoms with Crippen LogP contribution in [0.5, 0.6) is 0 Å². The van der Waals surface area contributed by atoms with Gasteiger partial charge in [0, 0.05) is 55.7 Å². The van der Waals surface area contributed by atoms with Crippen molar-refractivity contribution >= 4 is 29.4 Å². The van der Waals surface area contributed by atoms with Crippen molar-refractivity contribution in [3.8, 4) is 0 Å². The number of anilines is 3. The molecule has 252 valence electrons. The second kappa shape index (κ2) is 15.5. The SMILES string of the molecule is Cc1nc(NC[C@H](CC(=O)OCCCc2ccncc2)C(=O)OC(C)(C)C)c(C)c(N2CCC(c3ccc4c(n3)NCCC4)CC2)n1. The summed E-state index contributed by atoms with van der Waals surface area (Å²) < 4.78 is 11.2. The van der Waals surface area contributed by atoms with E-state index in [1.165, 1.54) is 5.56 Å². The van der Waals surface area contributed by atoms with E-state index in [9.17, 15) is 9.59 Å². The van der Waals surface area contributed by atoms with Crippen LogP contribution in [-0.2, 0) is 31.9 Å². The van der Waals surface area contributed by atoms with E-state index in [1.807, 2.05) is 46.8 Å². The van der Waals surface area contributed by atoms with Crippen LogP contribution in [0.3, 0.4) is 0 Å². The molecule has 2 N–H and O–H groups in total. The van der Waals surface area contributed by atoms with Crippen molar-refractivity contribution in [3.05, 3.63) is 64.9 Å². The number of hydrogen-bond donors (Lipinski definition) is 2. The lowest BCUT2D eigenvalue weighted by atomic mass is 9.92. The van der Waals surface area contributed by atoms with E-state index in [1.54, 1.807) is 12.4 Å². The number of pyridine rings is 2. The van der Waals surface area contributed by atoms with Gasteiger partial charge in [0.25, 0.3) is 0 Å². The first-order valence-corrected chi connectivity index (χ1v) is 16.9. The summed E-state index contributed by atoms with van der Waals surface area (Å²) in [5, 5.41) is 6.81. The minimum Gasteiger partial charge on any atom is -0.466 e. The molecule has 1 atom stereocenters. The Bertz CT molecular complexity index is 1520. The summed E-state index contributed by atoms with van der Waals surface area (Å²) in [7, 11) is 0. The molecular weight excluding hydrogens is 594 g/mol. The van der Waals surface area contributed by atoms with Gasteiger partial charge >= 0.3 is 11.9 Å². The number of carbonyl (C=O) groups is 2. The predicted molar refractivity (Wildman–Crippen MR) is 183 cm³/mol. The Kier molecular flexibility index (Phi) is 11.3. The molecule has 0 unspecified atom stereocenters. The molecule has 0 amide bonds. The Balaban J connectivity index is 1.19. The van der Waals surface area contributed by atoms with Crippen molar-refractivity contribution in [1.82, 2.24) is 19.9 Å². The molecule has 0 saturated carbocycles. The molecule has 5 heterocycles. The first-order chi connectivity index (χ1) is 22.6. The predicted octanol–water partition coefficient (Wildman–Crippen LogP) is 5.56. The van der Waals surface area contributed by atoms with Crippen molar-refractivity contribution < 1.29 is 19.1 Å². The number of carbonyl (C=O) groups excluding carboxylic acids is 2. The van der Waals surface area contributed by atoms with Crippen molar-refractivity contribution in [2.24, 2.45) is 5.92 Å². The summed E-state index contributed by atoms with van der Waals surface area (Å²) in [6, 6.07) is 8.33. The molecule has 2 aliphatic heterocycles. The van der Waals surface area contributed by atoms with Crippen LogP contribution < -0.4 is 15.5 Å². The number of nitrogens with zero attached hydrogens (tertiary/aromatic N) is 5. The molecule has 0 aromatic carbocycles. The lowest BCUT2D eigenvalue weighted by Crippen LogP contribution is -2.35. The van der Waals surface area contributed by atoms with Gasteiger partial charge in [0.1, 0.15) is 28.9 Å². The monoisotopic (exact) mass is 643 g/mol. The lowest BCUT2D eigenvalue weighted by Gasteiger charge is -2.34. The van der Waals surface area contributed by atoms with Gasteiger partial charge in [-0.3, -0.25) is 14.6 Å². The number of ether oxygens (including phenoxy) is 2. The Morgan fingerprint density at radius 2 is 1.83 bits per heavy atom. The van der Waals surface area contributed by atoms with Crippen LogP contribution in [0.1, 0.15) is 87.0 Å². The number of esters is 2. The largest absolute Gasteiger partial charge is 0.466 e. The molecule has 5 rings (SSSR count). The number of piperidine rings is 1. The summed E-state index contributed by atoms with van der Waals surface area (Å²) in [5.74, 6) is 2.02. The Morgan fingerprint density at radius 1 is 1.06 bits per heavy atom. The van der Waals surface area contributed by atoms with Crippen molar-refractivity contribution in [2.45, 2.75) is 91.1 Å². The van der Waals surface area contributed by atoms with Gasteiger partial charge in [0.05, 0.1) is 18.9 Å². The molecule has 0 aliphatic carbocycles. The summed E-state index contributed by atoms with van der Waals surface area (Å²) in [6.07, 6.45) is 9.09. The van der Waals surface area contributed by atoms with Crippen LogP contribution in [0.15, 0.2) is 36.7 Å². The molecule has 11 heteroatoms. The van der Waals surface area contributed by atoms with E-state index in [4.69, 9.17) is 19.4 Å². The molecule has 3 aromatic heterocycles. The van der Waals surface area contributed by atoms with Crippen LogP contribution in [0.2, 0.25) is 0 Å². The molecule has 47 heavy (non-hydrogen) atoms. The van der Waals surface area contributed by atoms with E-state index in [2.05, 4.69) is 37.6 Å². The van der Waals surface area contributed by atoms with Crippen molar-refractivity contribution in [2.75, 3.05) is 48.3 Å². The maximum absolute atomic E-state index is 13.2. The number of rotatable bonds is 12. The molecule has 0 spiro atoms. The van der Waals surface area contributed by atoms with Gasteiger partial charge in [-0.15, -0.1) is 0 Å². The first kappa shape index (κ1) is 34.1. The van der Waals surface area contributed by atoms with E-state index in [-0.39, 0.29) is 19.6 Å². The highest BCUT2D eigenvalue weighted by atomic mass is 16.6. The lowest BCUT2D eigenvalue weighted by molar-refractivity contribution is -0.163. The quantitative estimate of drug-likeness (QED) is 0.190. The van der Waals surface area contributed by atoms with Gasteiger partial charge in [-0.2, -0.15) is 0 Å². The van der Waals surface area contributed by atoms with Gasteiger partial charge in [-0.1, -0.05) is 6.07 Å². The third-order valence-electron chi connectivity index (χ3n) is 8.65. The fraction of sp³-hybridized carbons (Fsp3) is 0.556. The van der Waals surface area contributed by atoms with Gasteiger partial charge < -0.3 is 25.0 Å². The smallest absolute Gasteiger partial charge is 0.311 e. The Morgan fingerprint density at radius 3 is 2.57 bits per heavy atom. The van der Waals surface area contributed by atoms with Gasteiger partial charge in [-0.25, -0.2) is 15.0 Å². The summed E-state index contributed by atoms with van der Waals surface area (Å²) >= 11 is 0. The van der Waals surface area contributed by atoms with E-state index in [0.717, 1.165) is 80.2 Å². The standard InChI is InChI=1S/C36H49N7O4/c1-24-32(39-23-29(35(45)47-36(3,4)5)22-31(44)46-21-7-8-26-12-17-37-18-13-26)40-25(2)41-34(24)43-19-14-27(15-20-43)30-11-10-28-9-6-16-38-33(28)42-30/h10-13,17-18,27,29H,6-9,14-16,19-23H2,1-5H3,(H,38,42)(H,39,40,41)/t29-/m0/s1. The fourth-order valence-electron chi connectivity index (χ4n) is 6.17. The highest BCUT2D eigenvalue weighted by Crippen LogP contribution is 2.33. The van der Waals surface area contributed by atoms with E-state index < -0.39 is 23.5 Å². The zero-order chi connectivity index (χ0) is 33.4. The van der Waals surface area contributed by atoms with E-state index in [0.29, 0.717) is 24.0 Å². The van der Waals surface area contributed by atoms with Crippen LogP contribution in [0.25, 0.3) is 0 Å². The Labute approximate surface area is 278 Å². The topological polar surface area (TPSA) is 131 Å². The summed E-state index contributed by atoms with van der Waals surface area (Å²) in [6.45, 7) is 12.5. The third kappa shape index (κ3) is 9.62.